The number of nitrogens with one attached hydrogen (secondary N) is 1. The predicted octanol–water partition coefficient (Wildman–Crippen LogP) is 2.30. The molecule has 0 aliphatic heterocycles. The largest absolute Gasteiger partial charge is 0.279 e. The Morgan fingerprint density at radius 3 is 1.82 bits per heavy atom. The fourth-order valence-corrected chi connectivity index (χ4v) is 2.74. The minimum Gasteiger partial charge on any atom is -0.279 e. The van der Waals surface area contributed by atoms with Gasteiger partial charge in [0.05, 0.1) is 26.5 Å². The van der Waals surface area contributed by atoms with Gasteiger partial charge in [-0.15, -0.1) is 0 Å². The van der Waals surface area contributed by atoms with Crippen LogP contribution in [0.15, 0.2) is 53.4 Å². The van der Waals surface area contributed by atoms with Gasteiger partial charge in [-0.3, -0.25) is 25.0 Å². The smallest absolute Gasteiger partial charge is 0.278 e. The first kappa shape index (κ1) is 15.4. The lowest BCUT2D eigenvalue weighted by Crippen LogP contribution is -2.13. The highest BCUT2D eigenvalue weighted by molar-refractivity contribution is 7.92. The molecule has 0 aliphatic rings. The molecule has 1 N–H and O–H groups in total. The zero-order chi connectivity index (χ0) is 16.3. The summed E-state index contributed by atoms with van der Waals surface area (Å²) in [4.78, 5) is 19.8. The van der Waals surface area contributed by atoms with Crippen molar-refractivity contribution in [2.24, 2.45) is 0 Å². The Bertz CT molecular complexity index is 803. The monoisotopic (exact) mass is 323 g/mol. The summed E-state index contributed by atoms with van der Waals surface area (Å²) in [5, 5.41) is 21.5. The molecule has 114 valence electrons. The van der Waals surface area contributed by atoms with Crippen LogP contribution in [0.4, 0.5) is 17.1 Å². The Balaban J connectivity index is 2.45. The van der Waals surface area contributed by atoms with Gasteiger partial charge in [0.1, 0.15) is 0 Å². The average molecular weight is 323 g/mol. The third-order valence-corrected chi connectivity index (χ3v) is 4.03. The number of sulfonamides is 1. The van der Waals surface area contributed by atoms with Crippen molar-refractivity contribution in [3.05, 3.63) is 68.8 Å². The molecule has 0 saturated carbocycles. The number of nitro groups is 2. The van der Waals surface area contributed by atoms with Crippen LogP contribution >= 0.6 is 0 Å². The van der Waals surface area contributed by atoms with E-state index in [-0.39, 0.29) is 10.6 Å². The van der Waals surface area contributed by atoms with Crippen molar-refractivity contribution in [2.75, 3.05) is 4.72 Å². The molecule has 2 rings (SSSR count). The quantitative estimate of drug-likeness (QED) is 0.663. The number of anilines is 1. The molecule has 2 aromatic rings. The minimum absolute atomic E-state index is 0.0656. The van der Waals surface area contributed by atoms with Gasteiger partial charge in [0, 0.05) is 12.1 Å². The van der Waals surface area contributed by atoms with E-state index in [1.807, 2.05) is 0 Å². The Hall–Kier alpha value is -3.01. The Labute approximate surface area is 124 Å². The molecule has 0 aliphatic carbocycles. The molecule has 0 bridgehead atoms. The van der Waals surface area contributed by atoms with E-state index in [0.717, 1.165) is 18.2 Å². The molecule has 0 unspecified atom stereocenters. The molecule has 0 atom stereocenters. The number of hydrogen-bond acceptors (Lipinski definition) is 6. The minimum atomic E-state index is -3.99. The van der Waals surface area contributed by atoms with Crippen molar-refractivity contribution in [1.29, 1.82) is 0 Å². The van der Waals surface area contributed by atoms with Gasteiger partial charge < -0.3 is 0 Å². The number of nitrogens with zero attached hydrogens (tertiary/aromatic N) is 2. The van der Waals surface area contributed by atoms with Gasteiger partial charge in [-0.1, -0.05) is 18.2 Å². The normalized spacial score (nSPS) is 10.9. The lowest BCUT2D eigenvalue weighted by atomic mass is 10.2. The number of hydrogen-bond donors (Lipinski definition) is 1. The average Bonchev–Trinajstić information content (AvgIpc) is 2.47. The highest BCUT2D eigenvalue weighted by atomic mass is 32.2. The number of nitro benzene ring substituents is 2. The van der Waals surface area contributed by atoms with Gasteiger partial charge in [0.25, 0.3) is 21.4 Å². The highest BCUT2D eigenvalue weighted by Crippen LogP contribution is 2.27. The SMILES string of the molecule is O=[N+]([O-])c1cc(NS(=O)(=O)c2ccccc2)cc([N+](=O)[O-])c1. The molecule has 9 nitrogen and oxygen atoms in total. The first-order chi connectivity index (χ1) is 10.3. The Kier molecular flexibility index (Phi) is 4.04. The first-order valence-electron chi connectivity index (χ1n) is 5.81. The van der Waals surface area contributed by atoms with E-state index >= 15 is 0 Å². The van der Waals surface area contributed by atoms with Crippen LogP contribution in [0.1, 0.15) is 0 Å². The Morgan fingerprint density at radius 1 is 0.864 bits per heavy atom. The number of benzene rings is 2. The van der Waals surface area contributed by atoms with E-state index in [1.165, 1.54) is 24.3 Å². The maximum absolute atomic E-state index is 12.1. The van der Waals surface area contributed by atoms with Gasteiger partial charge in [-0.05, 0) is 12.1 Å². The second-order valence-corrected chi connectivity index (χ2v) is 5.85. The van der Waals surface area contributed by atoms with Gasteiger partial charge in [-0.25, -0.2) is 8.42 Å². The van der Waals surface area contributed by atoms with E-state index in [0.29, 0.717) is 0 Å². The molecule has 0 amide bonds. The van der Waals surface area contributed by atoms with Gasteiger partial charge in [0.2, 0.25) is 0 Å². The molecule has 22 heavy (non-hydrogen) atoms. The summed E-state index contributed by atoms with van der Waals surface area (Å²) in [6.45, 7) is 0. The van der Waals surface area contributed by atoms with Crippen LogP contribution in [0, 0.1) is 20.2 Å². The van der Waals surface area contributed by atoms with Crippen LogP contribution in [0.2, 0.25) is 0 Å². The third-order valence-electron chi connectivity index (χ3n) is 2.63. The predicted molar refractivity (Wildman–Crippen MR) is 77.0 cm³/mol. The highest BCUT2D eigenvalue weighted by Gasteiger charge is 2.20. The second kappa shape index (κ2) is 5.77. The maximum Gasteiger partial charge on any atom is 0.278 e. The van der Waals surface area contributed by atoms with Crippen molar-refractivity contribution in [1.82, 2.24) is 0 Å². The fourth-order valence-electron chi connectivity index (χ4n) is 1.68. The standard InChI is InChI=1S/C12H9N3O6S/c16-14(17)10-6-9(7-11(8-10)15(18)19)13-22(20,21)12-4-2-1-3-5-12/h1-8,13H. The first-order valence-corrected chi connectivity index (χ1v) is 7.29. The van der Waals surface area contributed by atoms with E-state index in [1.54, 1.807) is 6.07 Å². The van der Waals surface area contributed by atoms with Crippen molar-refractivity contribution in [3.8, 4) is 0 Å². The van der Waals surface area contributed by atoms with Gasteiger partial charge in [0.15, 0.2) is 0 Å². The maximum atomic E-state index is 12.1. The molecular weight excluding hydrogens is 314 g/mol. The summed E-state index contributed by atoms with van der Waals surface area (Å²) in [6.07, 6.45) is 0. The molecule has 10 heteroatoms. The lowest BCUT2D eigenvalue weighted by Gasteiger charge is -2.07. The van der Waals surface area contributed by atoms with Crippen LogP contribution < -0.4 is 4.72 Å². The van der Waals surface area contributed by atoms with Gasteiger partial charge in [-0.2, -0.15) is 0 Å². The van der Waals surface area contributed by atoms with Crippen molar-refractivity contribution < 1.29 is 18.3 Å². The summed E-state index contributed by atoms with van der Waals surface area (Å²) < 4.78 is 26.3. The third kappa shape index (κ3) is 3.35. The number of non-ortho nitro benzene ring substituents is 2. The summed E-state index contributed by atoms with van der Waals surface area (Å²) >= 11 is 0. The van der Waals surface area contributed by atoms with E-state index in [2.05, 4.69) is 4.72 Å². The summed E-state index contributed by atoms with van der Waals surface area (Å²) in [6, 6.07) is 9.86. The van der Waals surface area contributed by atoms with E-state index in [4.69, 9.17) is 0 Å². The van der Waals surface area contributed by atoms with Crippen LogP contribution in [-0.2, 0) is 10.0 Å². The van der Waals surface area contributed by atoms with Crippen LogP contribution in [0.5, 0.6) is 0 Å². The molecule has 0 radical (unpaired) electrons. The molecular formula is C12H9N3O6S. The van der Waals surface area contributed by atoms with Crippen LogP contribution in [0.25, 0.3) is 0 Å². The van der Waals surface area contributed by atoms with E-state index in [9.17, 15) is 28.6 Å². The number of rotatable bonds is 5. The summed E-state index contributed by atoms with van der Waals surface area (Å²) in [5.74, 6) is 0. The zero-order valence-corrected chi connectivity index (χ0v) is 11.7. The molecule has 0 aromatic heterocycles. The summed E-state index contributed by atoms with van der Waals surface area (Å²) in [7, 11) is -3.99. The molecule has 0 heterocycles. The van der Waals surface area contributed by atoms with Crippen molar-refractivity contribution in [2.45, 2.75) is 4.90 Å². The van der Waals surface area contributed by atoms with Gasteiger partial charge >= 0.3 is 0 Å². The zero-order valence-electron chi connectivity index (χ0n) is 10.9. The lowest BCUT2D eigenvalue weighted by molar-refractivity contribution is -0.394. The molecule has 0 fully saturated rings. The van der Waals surface area contributed by atoms with Crippen LogP contribution in [-0.4, -0.2) is 18.3 Å². The Morgan fingerprint density at radius 2 is 1.36 bits per heavy atom. The topological polar surface area (TPSA) is 132 Å². The fraction of sp³-hybridized carbons (Fsp3) is 0. The van der Waals surface area contributed by atoms with E-state index < -0.39 is 31.2 Å². The molecule has 0 saturated heterocycles. The van der Waals surface area contributed by atoms with Crippen molar-refractivity contribution in [3.63, 3.8) is 0 Å². The second-order valence-electron chi connectivity index (χ2n) is 4.17. The molecule has 0 spiro atoms. The summed E-state index contributed by atoms with van der Waals surface area (Å²) in [5.41, 5.74) is -1.43. The van der Waals surface area contributed by atoms with Crippen molar-refractivity contribution >= 4 is 27.1 Å². The molecule has 2 aromatic carbocycles. The van der Waals surface area contributed by atoms with Crippen LogP contribution in [0.3, 0.4) is 0 Å².